The molecule has 1 aromatic carbocycles. The summed E-state index contributed by atoms with van der Waals surface area (Å²) in [6.45, 7) is 2.44. The third-order valence-corrected chi connectivity index (χ3v) is 5.48. The van der Waals surface area contributed by atoms with Crippen molar-refractivity contribution in [2.24, 2.45) is 5.92 Å². The SMILES string of the molecule is CN1C(=O)CCc2cc(C(=O)N3CCN(C(=O)C4CC4)CC3)ccc21. The Kier molecular flexibility index (Phi) is 3.98. The van der Waals surface area contributed by atoms with Crippen LogP contribution in [-0.4, -0.2) is 60.7 Å². The lowest BCUT2D eigenvalue weighted by atomic mass is 9.98. The number of rotatable bonds is 2. The second-order valence-electron chi connectivity index (χ2n) is 7.19. The molecule has 0 aromatic heterocycles. The van der Waals surface area contributed by atoms with E-state index in [-0.39, 0.29) is 23.6 Å². The number of amides is 3. The summed E-state index contributed by atoms with van der Waals surface area (Å²) in [6.07, 6.45) is 3.21. The summed E-state index contributed by atoms with van der Waals surface area (Å²) in [7, 11) is 1.78. The molecule has 0 bridgehead atoms. The van der Waals surface area contributed by atoms with Crippen molar-refractivity contribution < 1.29 is 14.4 Å². The highest BCUT2D eigenvalue weighted by Gasteiger charge is 2.35. The fourth-order valence-electron chi connectivity index (χ4n) is 3.69. The Morgan fingerprint density at radius 2 is 1.68 bits per heavy atom. The molecule has 6 heteroatoms. The first-order chi connectivity index (χ1) is 12.0. The number of anilines is 1. The molecule has 2 aliphatic heterocycles. The molecule has 0 unspecified atom stereocenters. The molecule has 1 aromatic rings. The molecular weight excluding hydrogens is 318 g/mol. The van der Waals surface area contributed by atoms with Crippen LogP contribution in [0, 0.1) is 5.92 Å². The van der Waals surface area contributed by atoms with Gasteiger partial charge in [0, 0.05) is 56.8 Å². The van der Waals surface area contributed by atoms with Gasteiger partial charge in [-0.3, -0.25) is 14.4 Å². The van der Waals surface area contributed by atoms with E-state index in [2.05, 4.69) is 0 Å². The summed E-state index contributed by atoms with van der Waals surface area (Å²) in [4.78, 5) is 42.1. The number of carbonyl (C=O) groups is 3. The highest BCUT2D eigenvalue weighted by Crippen LogP contribution is 2.31. The van der Waals surface area contributed by atoms with Gasteiger partial charge in [-0.05, 0) is 43.0 Å². The number of hydrogen-bond acceptors (Lipinski definition) is 3. The van der Waals surface area contributed by atoms with Crippen LogP contribution in [-0.2, 0) is 16.0 Å². The second-order valence-corrected chi connectivity index (χ2v) is 7.19. The van der Waals surface area contributed by atoms with E-state index in [1.54, 1.807) is 18.0 Å². The van der Waals surface area contributed by atoms with Crippen LogP contribution in [0.25, 0.3) is 0 Å². The van der Waals surface area contributed by atoms with Gasteiger partial charge < -0.3 is 14.7 Å². The lowest BCUT2D eigenvalue weighted by Crippen LogP contribution is -2.51. The van der Waals surface area contributed by atoms with Gasteiger partial charge in [0.25, 0.3) is 5.91 Å². The molecule has 2 heterocycles. The van der Waals surface area contributed by atoms with E-state index in [9.17, 15) is 14.4 Å². The van der Waals surface area contributed by atoms with E-state index in [0.29, 0.717) is 44.6 Å². The van der Waals surface area contributed by atoms with Gasteiger partial charge in [0.1, 0.15) is 0 Å². The maximum absolute atomic E-state index is 12.8. The summed E-state index contributed by atoms with van der Waals surface area (Å²) >= 11 is 0. The molecular formula is C19H23N3O3. The fourth-order valence-corrected chi connectivity index (χ4v) is 3.69. The molecule has 25 heavy (non-hydrogen) atoms. The minimum Gasteiger partial charge on any atom is -0.339 e. The van der Waals surface area contributed by atoms with E-state index >= 15 is 0 Å². The molecule has 1 saturated carbocycles. The van der Waals surface area contributed by atoms with E-state index in [4.69, 9.17) is 0 Å². The number of carbonyl (C=O) groups excluding carboxylic acids is 3. The zero-order valence-electron chi connectivity index (χ0n) is 14.5. The number of fused-ring (bicyclic) bond motifs is 1. The molecule has 3 amide bonds. The quantitative estimate of drug-likeness (QED) is 0.814. The average molecular weight is 341 g/mol. The van der Waals surface area contributed by atoms with Gasteiger partial charge in [-0.2, -0.15) is 0 Å². The Morgan fingerprint density at radius 3 is 2.36 bits per heavy atom. The van der Waals surface area contributed by atoms with E-state index < -0.39 is 0 Å². The standard InChI is InChI=1S/C19H23N3O3/c1-20-16-6-4-15(12-14(16)5-7-17(20)23)19(25)22-10-8-21(9-11-22)18(24)13-2-3-13/h4,6,12-13H,2-3,5,7-11H2,1H3. The van der Waals surface area contributed by atoms with E-state index in [1.165, 1.54) is 0 Å². The minimum absolute atomic E-state index is 0.0147. The van der Waals surface area contributed by atoms with Gasteiger partial charge in [-0.1, -0.05) is 0 Å². The van der Waals surface area contributed by atoms with Crippen LogP contribution in [0.15, 0.2) is 18.2 Å². The third-order valence-electron chi connectivity index (χ3n) is 5.48. The molecule has 3 aliphatic rings. The van der Waals surface area contributed by atoms with Gasteiger partial charge in [-0.15, -0.1) is 0 Å². The van der Waals surface area contributed by atoms with Crippen LogP contribution in [0.1, 0.15) is 35.2 Å². The van der Waals surface area contributed by atoms with Crippen LogP contribution in [0.4, 0.5) is 5.69 Å². The number of hydrogen-bond donors (Lipinski definition) is 0. The van der Waals surface area contributed by atoms with Crippen molar-refractivity contribution >= 4 is 23.4 Å². The van der Waals surface area contributed by atoms with Gasteiger partial charge in [0.05, 0.1) is 0 Å². The van der Waals surface area contributed by atoms with Crippen LogP contribution >= 0.6 is 0 Å². The monoisotopic (exact) mass is 341 g/mol. The normalized spacial score (nSPS) is 20.5. The van der Waals surface area contributed by atoms with Crippen molar-refractivity contribution in [1.82, 2.24) is 9.80 Å². The maximum Gasteiger partial charge on any atom is 0.253 e. The Labute approximate surface area is 147 Å². The molecule has 132 valence electrons. The molecule has 0 radical (unpaired) electrons. The molecule has 0 atom stereocenters. The Morgan fingerprint density at radius 1 is 1.00 bits per heavy atom. The predicted octanol–water partition coefficient (Wildman–Crippen LogP) is 1.29. The van der Waals surface area contributed by atoms with Crippen molar-refractivity contribution in [2.75, 3.05) is 38.1 Å². The Bertz CT molecular complexity index is 733. The van der Waals surface area contributed by atoms with Gasteiger partial charge >= 0.3 is 0 Å². The smallest absolute Gasteiger partial charge is 0.253 e. The molecule has 0 N–H and O–H groups in total. The predicted molar refractivity (Wildman–Crippen MR) is 93.4 cm³/mol. The van der Waals surface area contributed by atoms with Crippen LogP contribution in [0.3, 0.4) is 0 Å². The molecule has 6 nitrogen and oxygen atoms in total. The fraction of sp³-hybridized carbons (Fsp3) is 0.526. The van der Waals surface area contributed by atoms with Gasteiger partial charge in [0.2, 0.25) is 11.8 Å². The summed E-state index contributed by atoms with van der Waals surface area (Å²) in [5.74, 6) is 0.625. The molecule has 0 spiro atoms. The first-order valence-electron chi connectivity index (χ1n) is 9.02. The number of aryl methyl sites for hydroxylation is 1. The number of benzene rings is 1. The van der Waals surface area contributed by atoms with Crippen LogP contribution < -0.4 is 4.90 Å². The lowest BCUT2D eigenvalue weighted by molar-refractivity contribution is -0.134. The van der Waals surface area contributed by atoms with Crippen LogP contribution in [0.2, 0.25) is 0 Å². The van der Waals surface area contributed by atoms with Crippen molar-refractivity contribution in [3.8, 4) is 0 Å². The first-order valence-corrected chi connectivity index (χ1v) is 9.02. The summed E-state index contributed by atoms with van der Waals surface area (Å²) in [6, 6.07) is 5.59. The van der Waals surface area contributed by atoms with Crippen LogP contribution in [0.5, 0.6) is 0 Å². The molecule has 4 rings (SSSR count). The van der Waals surface area contributed by atoms with Gasteiger partial charge in [0.15, 0.2) is 0 Å². The van der Waals surface area contributed by atoms with Crippen molar-refractivity contribution in [1.29, 1.82) is 0 Å². The minimum atomic E-state index is 0.0147. The molecule has 2 fully saturated rings. The lowest BCUT2D eigenvalue weighted by Gasteiger charge is -2.35. The zero-order chi connectivity index (χ0) is 17.6. The van der Waals surface area contributed by atoms with Gasteiger partial charge in [-0.25, -0.2) is 0 Å². The van der Waals surface area contributed by atoms with Crippen molar-refractivity contribution in [3.05, 3.63) is 29.3 Å². The Balaban J connectivity index is 1.43. The second kappa shape index (κ2) is 6.17. The highest BCUT2D eigenvalue weighted by atomic mass is 16.2. The molecule has 1 saturated heterocycles. The van der Waals surface area contributed by atoms with Crippen molar-refractivity contribution in [2.45, 2.75) is 25.7 Å². The maximum atomic E-state index is 12.8. The topological polar surface area (TPSA) is 60.9 Å². The van der Waals surface area contributed by atoms with E-state index in [0.717, 1.165) is 24.1 Å². The Hall–Kier alpha value is -2.37. The largest absolute Gasteiger partial charge is 0.339 e. The molecule has 1 aliphatic carbocycles. The number of nitrogens with zero attached hydrogens (tertiary/aromatic N) is 3. The van der Waals surface area contributed by atoms with Crippen molar-refractivity contribution in [3.63, 3.8) is 0 Å². The summed E-state index contributed by atoms with van der Waals surface area (Å²) in [5, 5.41) is 0. The number of piperazine rings is 1. The highest BCUT2D eigenvalue weighted by molar-refractivity contribution is 5.99. The van der Waals surface area contributed by atoms with E-state index in [1.807, 2.05) is 21.9 Å². The average Bonchev–Trinajstić information content (AvgIpc) is 3.49. The third kappa shape index (κ3) is 3.01. The summed E-state index contributed by atoms with van der Waals surface area (Å²) in [5.41, 5.74) is 2.62. The summed E-state index contributed by atoms with van der Waals surface area (Å²) < 4.78 is 0. The first kappa shape index (κ1) is 16.1. The zero-order valence-corrected chi connectivity index (χ0v) is 14.5.